The molecule has 0 spiro atoms. The molecule has 2 rings (SSSR count). The lowest BCUT2D eigenvalue weighted by molar-refractivity contribution is -0.121. The van der Waals surface area contributed by atoms with Crippen molar-refractivity contribution in [2.75, 3.05) is 26.0 Å². The molecule has 2 aromatic rings. The largest absolute Gasteiger partial charge is 0.354 e. The summed E-state index contributed by atoms with van der Waals surface area (Å²) in [5.74, 6) is 0.104. The second-order valence-electron chi connectivity index (χ2n) is 5.36. The smallest absolute Gasteiger partial charge is 0.322 e. The number of rotatable bonds is 6. The number of hydrogen-bond acceptors (Lipinski definition) is 4. The van der Waals surface area contributed by atoms with E-state index in [2.05, 4.69) is 20.9 Å². The molecule has 1 aromatic carbocycles. The van der Waals surface area contributed by atoms with Crippen molar-refractivity contribution >= 4 is 29.4 Å². The topological polar surface area (TPSA) is 92.2 Å². The molecule has 0 radical (unpaired) electrons. The standard InChI is InChI=1S/C15H19ClN6O2/c1-21(2)15(24)18-13-9-22(20-19-13)10-14(23)17-7-6-11-4-3-5-12(16)8-11/h3-5,8-9H,6-7,10H2,1-2H3,(H,17,23)(H,18,24). The van der Waals surface area contributed by atoms with Gasteiger partial charge in [0.25, 0.3) is 0 Å². The van der Waals surface area contributed by atoms with Crippen LogP contribution in [0.5, 0.6) is 0 Å². The van der Waals surface area contributed by atoms with E-state index in [0.29, 0.717) is 23.8 Å². The lowest BCUT2D eigenvalue weighted by Crippen LogP contribution is -2.29. The van der Waals surface area contributed by atoms with Gasteiger partial charge in [0.2, 0.25) is 5.91 Å². The van der Waals surface area contributed by atoms with Crippen molar-refractivity contribution in [3.63, 3.8) is 0 Å². The van der Waals surface area contributed by atoms with Gasteiger partial charge in [-0.1, -0.05) is 28.9 Å². The molecular weight excluding hydrogens is 332 g/mol. The molecule has 1 aromatic heterocycles. The molecule has 0 saturated heterocycles. The third-order valence-corrected chi connectivity index (χ3v) is 3.35. The average Bonchev–Trinajstić information content (AvgIpc) is 2.94. The summed E-state index contributed by atoms with van der Waals surface area (Å²) in [5.41, 5.74) is 1.05. The van der Waals surface area contributed by atoms with E-state index < -0.39 is 0 Å². The van der Waals surface area contributed by atoms with Crippen LogP contribution in [0.4, 0.5) is 10.6 Å². The lowest BCUT2D eigenvalue weighted by atomic mass is 10.1. The number of carbonyl (C=O) groups is 2. The summed E-state index contributed by atoms with van der Waals surface area (Å²) in [4.78, 5) is 24.8. The first kappa shape index (κ1) is 17.7. The quantitative estimate of drug-likeness (QED) is 0.823. The predicted molar refractivity (Wildman–Crippen MR) is 90.9 cm³/mol. The van der Waals surface area contributed by atoms with E-state index in [4.69, 9.17) is 11.6 Å². The van der Waals surface area contributed by atoms with Crippen molar-refractivity contribution in [1.29, 1.82) is 0 Å². The molecule has 1 heterocycles. The molecule has 24 heavy (non-hydrogen) atoms. The highest BCUT2D eigenvalue weighted by atomic mass is 35.5. The van der Waals surface area contributed by atoms with Gasteiger partial charge in [0, 0.05) is 25.7 Å². The zero-order valence-electron chi connectivity index (χ0n) is 13.5. The number of hydrogen-bond donors (Lipinski definition) is 2. The maximum Gasteiger partial charge on any atom is 0.322 e. The monoisotopic (exact) mass is 350 g/mol. The summed E-state index contributed by atoms with van der Waals surface area (Å²) >= 11 is 5.91. The molecule has 3 amide bonds. The van der Waals surface area contributed by atoms with E-state index >= 15 is 0 Å². The van der Waals surface area contributed by atoms with E-state index in [1.54, 1.807) is 20.2 Å². The summed E-state index contributed by atoms with van der Waals surface area (Å²) in [6.07, 6.45) is 2.19. The van der Waals surface area contributed by atoms with Crippen LogP contribution in [0.1, 0.15) is 5.56 Å². The third-order valence-electron chi connectivity index (χ3n) is 3.11. The zero-order valence-corrected chi connectivity index (χ0v) is 14.2. The Balaban J connectivity index is 1.76. The second kappa shape index (κ2) is 8.30. The van der Waals surface area contributed by atoms with Gasteiger partial charge in [0.05, 0.1) is 6.20 Å². The molecule has 9 heteroatoms. The Morgan fingerprint density at radius 2 is 2.12 bits per heavy atom. The van der Waals surface area contributed by atoms with Crippen LogP contribution in [0.25, 0.3) is 0 Å². The Kier molecular flexibility index (Phi) is 6.14. The number of carbonyl (C=O) groups excluding carboxylic acids is 2. The van der Waals surface area contributed by atoms with E-state index in [9.17, 15) is 9.59 Å². The molecule has 128 valence electrons. The van der Waals surface area contributed by atoms with Gasteiger partial charge in [-0.05, 0) is 24.1 Å². The van der Waals surface area contributed by atoms with Gasteiger partial charge in [0.15, 0.2) is 5.82 Å². The SMILES string of the molecule is CN(C)C(=O)Nc1cn(CC(=O)NCCc2cccc(Cl)c2)nn1. The molecule has 0 aliphatic heterocycles. The van der Waals surface area contributed by atoms with Crippen molar-refractivity contribution in [2.24, 2.45) is 0 Å². The first-order valence-corrected chi connectivity index (χ1v) is 7.71. The van der Waals surface area contributed by atoms with E-state index in [1.807, 2.05) is 18.2 Å². The highest BCUT2D eigenvalue weighted by Crippen LogP contribution is 2.10. The molecule has 0 saturated carbocycles. The summed E-state index contributed by atoms with van der Waals surface area (Å²) in [5, 5.41) is 13.6. The number of amides is 3. The Morgan fingerprint density at radius 3 is 2.83 bits per heavy atom. The molecule has 0 fully saturated rings. The zero-order chi connectivity index (χ0) is 17.5. The number of aromatic nitrogens is 3. The van der Waals surface area contributed by atoms with Crippen LogP contribution in [0.2, 0.25) is 5.02 Å². The predicted octanol–water partition coefficient (Wildman–Crippen LogP) is 1.38. The minimum atomic E-state index is -0.312. The van der Waals surface area contributed by atoms with Crippen LogP contribution < -0.4 is 10.6 Å². The molecule has 0 atom stereocenters. The van der Waals surface area contributed by atoms with E-state index in [-0.39, 0.29) is 18.5 Å². The second-order valence-corrected chi connectivity index (χ2v) is 5.79. The fraction of sp³-hybridized carbons (Fsp3) is 0.333. The minimum absolute atomic E-state index is 0.0282. The molecule has 2 N–H and O–H groups in total. The highest BCUT2D eigenvalue weighted by Gasteiger charge is 2.09. The maximum atomic E-state index is 11.9. The van der Waals surface area contributed by atoms with Crippen molar-refractivity contribution in [1.82, 2.24) is 25.2 Å². The van der Waals surface area contributed by atoms with Gasteiger partial charge in [-0.25, -0.2) is 9.48 Å². The molecule has 0 unspecified atom stereocenters. The van der Waals surface area contributed by atoms with Gasteiger partial charge in [0.1, 0.15) is 6.54 Å². The van der Waals surface area contributed by atoms with Crippen molar-refractivity contribution < 1.29 is 9.59 Å². The van der Waals surface area contributed by atoms with Gasteiger partial charge in [-0.3, -0.25) is 10.1 Å². The van der Waals surface area contributed by atoms with Gasteiger partial charge in [-0.15, -0.1) is 5.10 Å². The van der Waals surface area contributed by atoms with Crippen LogP contribution >= 0.6 is 11.6 Å². The van der Waals surface area contributed by atoms with Crippen LogP contribution in [0, 0.1) is 0 Å². The summed E-state index contributed by atoms with van der Waals surface area (Å²) in [7, 11) is 3.24. The number of nitrogens with one attached hydrogen (secondary N) is 2. The molecule has 0 aliphatic rings. The first-order valence-electron chi connectivity index (χ1n) is 7.33. The molecule has 0 bridgehead atoms. The summed E-state index contributed by atoms with van der Waals surface area (Å²) in [6.45, 7) is 0.526. The van der Waals surface area contributed by atoms with Gasteiger partial charge >= 0.3 is 6.03 Å². The van der Waals surface area contributed by atoms with Crippen LogP contribution in [-0.4, -0.2) is 52.5 Å². The summed E-state index contributed by atoms with van der Waals surface area (Å²) < 4.78 is 1.36. The Labute approximate surface area is 144 Å². The van der Waals surface area contributed by atoms with Crippen molar-refractivity contribution in [2.45, 2.75) is 13.0 Å². The number of anilines is 1. The van der Waals surface area contributed by atoms with Crippen LogP contribution in [-0.2, 0) is 17.8 Å². The van der Waals surface area contributed by atoms with E-state index in [0.717, 1.165) is 5.56 Å². The fourth-order valence-corrected chi connectivity index (χ4v) is 2.11. The number of halogens is 1. The lowest BCUT2D eigenvalue weighted by Gasteiger charge is -2.09. The number of nitrogens with zero attached hydrogens (tertiary/aromatic N) is 4. The summed E-state index contributed by atoms with van der Waals surface area (Å²) in [6, 6.07) is 7.19. The third kappa shape index (κ3) is 5.54. The first-order chi connectivity index (χ1) is 11.4. The normalized spacial score (nSPS) is 10.3. The van der Waals surface area contributed by atoms with Crippen LogP contribution in [0.3, 0.4) is 0 Å². The molecular formula is C15H19ClN6O2. The maximum absolute atomic E-state index is 11.9. The minimum Gasteiger partial charge on any atom is -0.354 e. The fourth-order valence-electron chi connectivity index (χ4n) is 1.90. The van der Waals surface area contributed by atoms with Crippen LogP contribution in [0.15, 0.2) is 30.5 Å². The number of benzene rings is 1. The van der Waals surface area contributed by atoms with E-state index in [1.165, 1.54) is 15.8 Å². The van der Waals surface area contributed by atoms with Gasteiger partial charge < -0.3 is 10.2 Å². The van der Waals surface area contributed by atoms with Crippen molar-refractivity contribution in [3.05, 3.63) is 41.0 Å². The molecule has 0 aliphatic carbocycles. The van der Waals surface area contributed by atoms with Gasteiger partial charge in [-0.2, -0.15) is 0 Å². The Morgan fingerprint density at radius 1 is 1.33 bits per heavy atom. The Hall–Kier alpha value is -2.61. The number of urea groups is 1. The Bertz CT molecular complexity index is 715. The highest BCUT2D eigenvalue weighted by molar-refractivity contribution is 6.30. The van der Waals surface area contributed by atoms with Crippen molar-refractivity contribution in [3.8, 4) is 0 Å². The average molecular weight is 351 g/mol. The molecule has 8 nitrogen and oxygen atoms in total.